The van der Waals surface area contributed by atoms with Crippen LogP contribution in [0.15, 0.2) is 18.2 Å². The minimum absolute atomic E-state index is 0.0593. The number of rotatable bonds is 2. The fourth-order valence-corrected chi connectivity index (χ4v) is 3.08. The van der Waals surface area contributed by atoms with Crippen molar-refractivity contribution < 1.29 is 27.5 Å². The molecule has 0 atom stereocenters. The molecule has 0 spiro atoms. The van der Waals surface area contributed by atoms with Gasteiger partial charge in [-0.1, -0.05) is 11.6 Å². The molecule has 0 aromatic heterocycles. The molecule has 1 aromatic carbocycles. The normalized spacial score (nSPS) is 16.7. The Balaban J connectivity index is 2.05. The molecule has 10 heteroatoms. The van der Waals surface area contributed by atoms with Crippen LogP contribution in [0, 0.1) is 16.7 Å². The maximum absolute atomic E-state index is 13.0. The van der Waals surface area contributed by atoms with Crippen LogP contribution in [-0.4, -0.2) is 35.6 Å². The van der Waals surface area contributed by atoms with E-state index in [9.17, 15) is 28.0 Å². The number of anilines is 1. The largest absolute Gasteiger partial charge is 0.459 e. The number of likely N-dealkylation sites (tertiary alicyclic amines) is 1. The Morgan fingerprint density at radius 2 is 1.83 bits per heavy atom. The van der Waals surface area contributed by atoms with Crippen molar-refractivity contribution in [3.05, 3.63) is 28.8 Å². The van der Waals surface area contributed by atoms with Crippen molar-refractivity contribution in [2.75, 3.05) is 18.4 Å². The lowest BCUT2D eigenvalue weighted by Crippen LogP contribution is -2.48. The third kappa shape index (κ3) is 5.54. The molecular weight excluding hydrogens is 411 g/mol. The molecule has 2 amide bonds. The number of benzene rings is 1. The molecule has 1 aliphatic rings. The van der Waals surface area contributed by atoms with E-state index in [0.29, 0.717) is 0 Å². The molecule has 158 valence electrons. The van der Waals surface area contributed by atoms with Gasteiger partial charge < -0.3 is 15.0 Å². The summed E-state index contributed by atoms with van der Waals surface area (Å²) in [6, 6.07) is 4.45. The number of nitrogens with one attached hydrogen (secondary N) is 1. The summed E-state index contributed by atoms with van der Waals surface area (Å²) in [6.45, 7) is 5.25. The Labute approximate surface area is 171 Å². The van der Waals surface area contributed by atoms with Crippen LogP contribution in [0.3, 0.4) is 0 Å². The number of hydrogen-bond donors (Lipinski definition) is 1. The van der Waals surface area contributed by atoms with Crippen LogP contribution in [0.4, 0.5) is 23.7 Å². The van der Waals surface area contributed by atoms with Gasteiger partial charge in [-0.25, -0.2) is 4.79 Å². The lowest BCUT2D eigenvalue weighted by Gasteiger charge is -2.37. The number of alkyl halides is 3. The molecule has 1 heterocycles. The molecule has 29 heavy (non-hydrogen) atoms. The first kappa shape index (κ1) is 22.8. The fourth-order valence-electron chi connectivity index (χ4n) is 2.85. The first-order valence-electron chi connectivity index (χ1n) is 8.85. The van der Waals surface area contributed by atoms with E-state index in [4.69, 9.17) is 16.3 Å². The van der Waals surface area contributed by atoms with Crippen LogP contribution in [-0.2, 0) is 15.7 Å². The number of hydrogen-bond acceptors (Lipinski definition) is 4. The van der Waals surface area contributed by atoms with E-state index >= 15 is 0 Å². The molecule has 6 nitrogen and oxygen atoms in total. The highest BCUT2D eigenvalue weighted by Crippen LogP contribution is 2.37. The molecule has 1 aliphatic heterocycles. The Morgan fingerprint density at radius 1 is 1.24 bits per heavy atom. The van der Waals surface area contributed by atoms with Crippen molar-refractivity contribution in [1.29, 1.82) is 5.26 Å². The second-order valence-electron chi connectivity index (χ2n) is 7.81. The summed E-state index contributed by atoms with van der Waals surface area (Å²) < 4.78 is 44.2. The lowest BCUT2D eigenvalue weighted by atomic mass is 9.79. The average molecular weight is 432 g/mol. The number of carbonyl (C=O) groups excluding carboxylic acids is 2. The Kier molecular flexibility index (Phi) is 6.38. The molecule has 1 saturated heterocycles. The molecule has 2 rings (SSSR count). The molecule has 1 fully saturated rings. The van der Waals surface area contributed by atoms with Crippen LogP contribution in [0.1, 0.15) is 39.2 Å². The average Bonchev–Trinajstić information content (AvgIpc) is 2.61. The smallest absolute Gasteiger partial charge is 0.417 e. The minimum atomic E-state index is -4.65. The van der Waals surface area contributed by atoms with E-state index < -0.39 is 39.8 Å². The molecule has 0 bridgehead atoms. The van der Waals surface area contributed by atoms with Crippen molar-refractivity contribution >= 4 is 29.3 Å². The maximum atomic E-state index is 13.0. The van der Waals surface area contributed by atoms with Crippen molar-refractivity contribution in [3.8, 4) is 6.07 Å². The third-order valence-electron chi connectivity index (χ3n) is 4.43. The van der Waals surface area contributed by atoms with Gasteiger partial charge in [-0.05, 0) is 51.8 Å². The highest BCUT2D eigenvalue weighted by molar-refractivity contribution is 6.31. The second-order valence-corrected chi connectivity index (χ2v) is 8.21. The van der Waals surface area contributed by atoms with E-state index in [0.717, 1.165) is 12.1 Å². The molecule has 1 N–H and O–H groups in total. The summed E-state index contributed by atoms with van der Waals surface area (Å²) >= 11 is 5.57. The first-order chi connectivity index (χ1) is 13.3. The SMILES string of the molecule is CC(C)(C)OC(=O)C1(C#N)CCN(C(=O)Nc2ccc(Cl)c(C(F)(F)F)c2)CC1. The van der Waals surface area contributed by atoms with Gasteiger partial charge in [0.05, 0.1) is 16.7 Å². The lowest BCUT2D eigenvalue weighted by molar-refractivity contribution is -0.166. The number of esters is 1. The van der Waals surface area contributed by atoms with E-state index in [-0.39, 0.29) is 31.6 Å². The molecule has 0 radical (unpaired) electrons. The Morgan fingerprint density at radius 3 is 2.31 bits per heavy atom. The standard InChI is InChI=1S/C19H21ClF3N3O3/c1-17(2,3)29-15(27)18(11-24)6-8-26(9-7-18)16(28)25-12-4-5-14(20)13(10-12)19(21,22)23/h4-5,10H,6-9H2,1-3H3,(H,25,28). The maximum Gasteiger partial charge on any atom is 0.417 e. The Bertz CT molecular complexity index is 836. The summed E-state index contributed by atoms with van der Waals surface area (Å²) in [5.41, 5.74) is -3.21. The summed E-state index contributed by atoms with van der Waals surface area (Å²) in [4.78, 5) is 26.2. The van der Waals surface area contributed by atoms with Crippen molar-refractivity contribution in [3.63, 3.8) is 0 Å². The summed E-state index contributed by atoms with van der Waals surface area (Å²) in [5, 5.41) is 11.4. The number of nitriles is 1. The highest BCUT2D eigenvalue weighted by Gasteiger charge is 2.45. The molecular formula is C19H21ClF3N3O3. The summed E-state index contributed by atoms with van der Waals surface area (Å²) in [6.07, 6.45) is -4.51. The van der Waals surface area contributed by atoms with Gasteiger partial charge in [-0.15, -0.1) is 0 Å². The zero-order chi connectivity index (χ0) is 22.0. The van der Waals surface area contributed by atoms with Gasteiger partial charge in [0, 0.05) is 18.8 Å². The number of piperidine rings is 1. The third-order valence-corrected chi connectivity index (χ3v) is 4.76. The number of urea groups is 1. The van der Waals surface area contributed by atoms with E-state index in [1.807, 2.05) is 6.07 Å². The molecule has 1 aromatic rings. The summed E-state index contributed by atoms with van der Waals surface area (Å²) in [7, 11) is 0. The monoisotopic (exact) mass is 431 g/mol. The van der Waals surface area contributed by atoms with Crippen LogP contribution >= 0.6 is 11.6 Å². The zero-order valence-corrected chi connectivity index (χ0v) is 16.9. The Hall–Kier alpha value is -2.47. The predicted octanol–water partition coefficient (Wildman–Crippen LogP) is 4.84. The molecule has 0 saturated carbocycles. The number of ether oxygens (including phenoxy) is 1. The summed E-state index contributed by atoms with van der Waals surface area (Å²) in [5.74, 6) is -0.639. The first-order valence-corrected chi connectivity index (χ1v) is 9.23. The number of carbonyl (C=O) groups is 2. The quantitative estimate of drug-likeness (QED) is 0.679. The van der Waals surface area contributed by atoms with Gasteiger partial charge in [-0.2, -0.15) is 18.4 Å². The van der Waals surface area contributed by atoms with Crippen molar-refractivity contribution in [2.45, 2.75) is 45.4 Å². The molecule has 0 aliphatic carbocycles. The van der Waals surface area contributed by atoms with E-state index in [1.165, 1.54) is 11.0 Å². The van der Waals surface area contributed by atoms with E-state index in [1.54, 1.807) is 20.8 Å². The van der Waals surface area contributed by atoms with Gasteiger partial charge in [-0.3, -0.25) is 4.79 Å². The number of halogens is 4. The highest BCUT2D eigenvalue weighted by atomic mass is 35.5. The van der Waals surface area contributed by atoms with Crippen LogP contribution < -0.4 is 5.32 Å². The number of amides is 2. The zero-order valence-electron chi connectivity index (χ0n) is 16.2. The van der Waals surface area contributed by atoms with Crippen LogP contribution in [0.25, 0.3) is 0 Å². The van der Waals surface area contributed by atoms with Gasteiger partial charge in [0.15, 0.2) is 5.41 Å². The van der Waals surface area contributed by atoms with Crippen molar-refractivity contribution in [2.24, 2.45) is 5.41 Å². The van der Waals surface area contributed by atoms with E-state index in [2.05, 4.69) is 5.32 Å². The van der Waals surface area contributed by atoms with Gasteiger partial charge in [0.25, 0.3) is 0 Å². The van der Waals surface area contributed by atoms with Gasteiger partial charge >= 0.3 is 18.2 Å². The van der Waals surface area contributed by atoms with Crippen LogP contribution in [0.2, 0.25) is 5.02 Å². The second kappa shape index (κ2) is 8.11. The van der Waals surface area contributed by atoms with Gasteiger partial charge in [0.1, 0.15) is 5.60 Å². The minimum Gasteiger partial charge on any atom is -0.459 e. The van der Waals surface area contributed by atoms with Crippen molar-refractivity contribution in [1.82, 2.24) is 4.90 Å². The molecule has 0 unspecified atom stereocenters. The van der Waals surface area contributed by atoms with Crippen LogP contribution in [0.5, 0.6) is 0 Å². The predicted molar refractivity (Wildman–Crippen MR) is 100 cm³/mol. The number of nitrogens with zero attached hydrogens (tertiary/aromatic N) is 2. The topological polar surface area (TPSA) is 82.4 Å². The fraction of sp³-hybridized carbons (Fsp3) is 0.526. The van der Waals surface area contributed by atoms with Gasteiger partial charge in [0.2, 0.25) is 0 Å².